The summed E-state index contributed by atoms with van der Waals surface area (Å²) in [5.41, 5.74) is 17.0. The molecule has 0 saturated heterocycles. The van der Waals surface area contributed by atoms with Crippen molar-refractivity contribution in [3.63, 3.8) is 0 Å². The number of carboxylic acid groups (broad SMARTS) is 1. The summed E-state index contributed by atoms with van der Waals surface area (Å²) in [5, 5.41) is 26.7. The first kappa shape index (κ1) is 32.3. The molecule has 13 nitrogen and oxygen atoms in total. The average molecular weight is 537 g/mol. The number of carbonyl (C=O) groups is 5. The number of primary amides is 1. The Morgan fingerprint density at radius 1 is 0.868 bits per heavy atom. The van der Waals surface area contributed by atoms with Crippen molar-refractivity contribution in [2.75, 3.05) is 6.54 Å². The summed E-state index contributed by atoms with van der Waals surface area (Å²) in [6.07, 6.45) is 1.13. The van der Waals surface area contributed by atoms with E-state index in [4.69, 9.17) is 17.2 Å². The van der Waals surface area contributed by atoms with Crippen LogP contribution in [0.15, 0.2) is 24.3 Å². The Kier molecular flexibility index (Phi) is 13.8. The zero-order chi connectivity index (χ0) is 28.8. The first-order valence-electron chi connectivity index (χ1n) is 12.5. The fourth-order valence-electron chi connectivity index (χ4n) is 3.59. The number of benzene rings is 1. The monoisotopic (exact) mass is 536 g/mol. The molecule has 0 aliphatic heterocycles. The Hall–Kier alpha value is -3.71. The van der Waals surface area contributed by atoms with Crippen LogP contribution in [-0.4, -0.2) is 70.5 Å². The number of hydrogen-bond donors (Lipinski definition) is 8. The molecule has 13 heteroatoms. The van der Waals surface area contributed by atoms with E-state index in [0.717, 1.165) is 0 Å². The number of amides is 4. The lowest BCUT2D eigenvalue weighted by atomic mass is 10.0. The van der Waals surface area contributed by atoms with Gasteiger partial charge in [0.15, 0.2) is 0 Å². The summed E-state index contributed by atoms with van der Waals surface area (Å²) in [7, 11) is 0. The van der Waals surface area contributed by atoms with E-state index in [0.29, 0.717) is 24.9 Å². The second-order valence-electron chi connectivity index (χ2n) is 9.46. The first-order valence-corrected chi connectivity index (χ1v) is 12.5. The molecule has 4 amide bonds. The van der Waals surface area contributed by atoms with E-state index in [1.54, 1.807) is 26.0 Å². The van der Waals surface area contributed by atoms with E-state index in [2.05, 4.69) is 16.0 Å². The molecular formula is C25H40N6O7. The third-order valence-electron chi connectivity index (χ3n) is 5.86. The van der Waals surface area contributed by atoms with Crippen molar-refractivity contribution >= 4 is 29.6 Å². The van der Waals surface area contributed by atoms with Crippen molar-refractivity contribution in [2.45, 2.75) is 76.5 Å². The van der Waals surface area contributed by atoms with Gasteiger partial charge >= 0.3 is 5.97 Å². The number of phenolic OH excluding ortho intramolecular Hbond substituents is 1. The van der Waals surface area contributed by atoms with Gasteiger partial charge in [0, 0.05) is 12.8 Å². The summed E-state index contributed by atoms with van der Waals surface area (Å²) in [5.74, 6) is -4.23. The summed E-state index contributed by atoms with van der Waals surface area (Å²) in [6, 6.07) is 1.43. The minimum absolute atomic E-state index is 0.00925. The van der Waals surface area contributed by atoms with E-state index in [9.17, 15) is 34.2 Å². The molecule has 0 fully saturated rings. The highest BCUT2D eigenvalue weighted by Crippen LogP contribution is 2.12. The van der Waals surface area contributed by atoms with Crippen LogP contribution in [0.25, 0.3) is 0 Å². The van der Waals surface area contributed by atoms with Crippen LogP contribution in [0.3, 0.4) is 0 Å². The van der Waals surface area contributed by atoms with Crippen LogP contribution in [0.2, 0.25) is 0 Å². The van der Waals surface area contributed by atoms with Crippen molar-refractivity contribution in [1.29, 1.82) is 0 Å². The number of nitrogens with two attached hydrogens (primary N) is 3. The standard InChI is InChI=1S/C25H40N6O7/c1-14(2)21(31-22(34)17(27)10-11-20(28)33)24(36)29-18(5-3-4-12-26)23(35)30-19(25(37)38)13-15-6-8-16(32)9-7-15/h6-9,14,17-19,21,32H,3-5,10-13,26-27H2,1-2H3,(H2,28,33)(H,29,36)(H,30,35)(H,31,34)(H,37,38). The smallest absolute Gasteiger partial charge is 0.326 e. The molecule has 0 radical (unpaired) electrons. The largest absolute Gasteiger partial charge is 0.508 e. The maximum atomic E-state index is 13.1. The summed E-state index contributed by atoms with van der Waals surface area (Å²) in [4.78, 5) is 61.5. The maximum absolute atomic E-state index is 13.1. The van der Waals surface area contributed by atoms with Crippen molar-refractivity contribution in [1.82, 2.24) is 16.0 Å². The quantitative estimate of drug-likeness (QED) is 0.112. The maximum Gasteiger partial charge on any atom is 0.326 e. The van der Waals surface area contributed by atoms with Crippen molar-refractivity contribution in [2.24, 2.45) is 23.1 Å². The molecule has 0 bridgehead atoms. The van der Waals surface area contributed by atoms with Crippen molar-refractivity contribution in [3.05, 3.63) is 29.8 Å². The molecule has 4 atom stereocenters. The normalized spacial score (nSPS) is 14.1. The van der Waals surface area contributed by atoms with Crippen LogP contribution < -0.4 is 33.2 Å². The molecule has 4 unspecified atom stereocenters. The topological polar surface area (TPSA) is 240 Å². The predicted molar refractivity (Wildman–Crippen MR) is 139 cm³/mol. The summed E-state index contributed by atoms with van der Waals surface area (Å²) < 4.78 is 0. The van der Waals surface area contributed by atoms with Gasteiger partial charge in [-0.3, -0.25) is 19.2 Å². The zero-order valence-electron chi connectivity index (χ0n) is 21.8. The van der Waals surface area contributed by atoms with Gasteiger partial charge in [0.05, 0.1) is 6.04 Å². The lowest BCUT2D eigenvalue weighted by molar-refractivity contribution is -0.142. The number of carbonyl (C=O) groups excluding carboxylic acids is 4. The number of carboxylic acids is 1. The zero-order valence-corrected chi connectivity index (χ0v) is 21.8. The fraction of sp³-hybridized carbons (Fsp3) is 0.560. The number of aliphatic carboxylic acids is 1. The predicted octanol–water partition coefficient (Wildman–Crippen LogP) is -1.15. The highest BCUT2D eigenvalue weighted by atomic mass is 16.4. The van der Waals surface area contributed by atoms with E-state index < -0.39 is 53.8 Å². The molecule has 0 aliphatic carbocycles. The Bertz CT molecular complexity index is 954. The van der Waals surface area contributed by atoms with Gasteiger partial charge in [-0.05, 0) is 55.8 Å². The minimum Gasteiger partial charge on any atom is -0.508 e. The second-order valence-corrected chi connectivity index (χ2v) is 9.46. The summed E-state index contributed by atoms with van der Waals surface area (Å²) in [6.45, 7) is 3.76. The van der Waals surface area contributed by atoms with Gasteiger partial charge in [-0.25, -0.2) is 4.79 Å². The minimum atomic E-state index is -1.29. The van der Waals surface area contributed by atoms with Gasteiger partial charge in [0.1, 0.15) is 23.9 Å². The van der Waals surface area contributed by atoms with Gasteiger partial charge in [-0.2, -0.15) is 0 Å². The fourth-order valence-corrected chi connectivity index (χ4v) is 3.59. The van der Waals surface area contributed by atoms with Gasteiger partial charge < -0.3 is 43.4 Å². The van der Waals surface area contributed by atoms with Gasteiger partial charge in [-0.1, -0.05) is 26.0 Å². The molecule has 38 heavy (non-hydrogen) atoms. The third-order valence-corrected chi connectivity index (χ3v) is 5.86. The highest BCUT2D eigenvalue weighted by Gasteiger charge is 2.31. The van der Waals surface area contributed by atoms with Crippen LogP contribution in [0.5, 0.6) is 5.75 Å². The molecule has 1 rings (SSSR count). The highest BCUT2D eigenvalue weighted by molar-refractivity contribution is 5.94. The van der Waals surface area contributed by atoms with Crippen LogP contribution in [-0.2, 0) is 30.4 Å². The van der Waals surface area contributed by atoms with E-state index in [1.165, 1.54) is 12.1 Å². The van der Waals surface area contributed by atoms with Crippen LogP contribution in [0.4, 0.5) is 0 Å². The first-order chi connectivity index (χ1) is 17.8. The molecule has 1 aromatic rings. The number of nitrogens with one attached hydrogen (secondary N) is 3. The molecule has 0 aromatic heterocycles. The molecule has 0 heterocycles. The van der Waals surface area contributed by atoms with Gasteiger partial charge in [0.2, 0.25) is 23.6 Å². The number of unbranched alkanes of at least 4 members (excludes halogenated alkanes) is 1. The Morgan fingerprint density at radius 3 is 2.00 bits per heavy atom. The Morgan fingerprint density at radius 2 is 1.47 bits per heavy atom. The molecule has 212 valence electrons. The molecular weight excluding hydrogens is 496 g/mol. The number of phenols is 1. The lowest BCUT2D eigenvalue weighted by Crippen LogP contribution is -2.58. The van der Waals surface area contributed by atoms with Gasteiger partial charge in [0.25, 0.3) is 0 Å². The number of rotatable bonds is 17. The molecule has 0 aliphatic rings. The Labute approximate surface area is 221 Å². The molecule has 1 aromatic carbocycles. The number of hydrogen-bond acceptors (Lipinski definition) is 8. The third kappa shape index (κ3) is 11.6. The van der Waals surface area contributed by atoms with Crippen LogP contribution in [0.1, 0.15) is 51.5 Å². The van der Waals surface area contributed by atoms with Crippen molar-refractivity contribution in [3.8, 4) is 5.75 Å². The van der Waals surface area contributed by atoms with Crippen LogP contribution >= 0.6 is 0 Å². The molecule has 0 saturated carbocycles. The van der Waals surface area contributed by atoms with E-state index in [-0.39, 0.29) is 37.4 Å². The second kappa shape index (κ2) is 16.2. The summed E-state index contributed by atoms with van der Waals surface area (Å²) >= 11 is 0. The van der Waals surface area contributed by atoms with Crippen molar-refractivity contribution < 1.29 is 34.2 Å². The molecule has 11 N–H and O–H groups in total. The average Bonchev–Trinajstić information content (AvgIpc) is 2.85. The lowest BCUT2D eigenvalue weighted by Gasteiger charge is -2.27. The van der Waals surface area contributed by atoms with E-state index in [1.807, 2.05) is 0 Å². The Balaban J connectivity index is 2.97. The number of aromatic hydroxyl groups is 1. The van der Waals surface area contributed by atoms with Crippen LogP contribution in [0, 0.1) is 5.92 Å². The van der Waals surface area contributed by atoms with Gasteiger partial charge in [-0.15, -0.1) is 0 Å². The van der Waals surface area contributed by atoms with E-state index >= 15 is 0 Å². The SMILES string of the molecule is CC(C)C(NC(=O)C(N)CCC(N)=O)C(=O)NC(CCCCN)C(=O)NC(Cc1ccc(O)cc1)C(=O)O. The molecule has 0 spiro atoms.